The van der Waals surface area contributed by atoms with Gasteiger partial charge in [-0.1, -0.05) is 44.2 Å². The largest absolute Gasteiger partial charge is 0.444 e. The zero-order valence-electron chi connectivity index (χ0n) is 14.9. The van der Waals surface area contributed by atoms with E-state index in [1.807, 2.05) is 29.6 Å². The molecule has 2 heterocycles. The normalized spacial score (nSPS) is 12.3. The lowest BCUT2D eigenvalue weighted by Gasteiger charge is -2.14. The second-order valence-corrected chi connectivity index (χ2v) is 7.48. The van der Waals surface area contributed by atoms with Gasteiger partial charge in [-0.05, 0) is 28.5 Å². The topological polar surface area (TPSA) is 81.1 Å². The van der Waals surface area contributed by atoms with Crippen LogP contribution >= 0.6 is 11.3 Å². The third-order valence-electron chi connectivity index (χ3n) is 4.18. The Morgan fingerprint density at radius 1 is 1.23 bits per heavy atom. The molecule has 0 radical (unpaired) electrons. The molecular formula is C20H23N3O2S. The fourth-order valence-electron chi connectivity index (χ4n) is 2.60. The molecule has 26 heavy (non-hydrogen) atoms. The number of benzene rings is 1. The number of thiophene rings is 1. The summed E-state index contributed by atoms with van der Waals surface area (Å²) in [7, 11) is 0. The highest BCUT2D eigenvalue weighted by atomic mass is 32.1. The number of hydrogen-bond acceptors (Lipinski definition) is 5. The van der Waals surface area contributed by atoms with Crippen LogP contribution in [0.2, 0.25) is 0 Å². The Bertz CT molecular complexity index is 838. The van der Waals surface area contributed by atoms with E-state index in [0.29, 0.717) is 24.0 Å². The van der Waals surface area contributed by atoms with Gasteiger partial charge in [0.25, 0.3) is 0 Å². The van der Waals surface area contributed by atoms with Crippen LogP contribution in [-0.2, 0) is 11.2 Å². The van der Waals surface area contributed by atoms with Crippen molar-refractivity contribution < 1.29 is 9.21 Å². The number of amides is 1. The highest BCUT2D eigenvalue weighted by Gasteiger charge is 2.13. The third kappa shape index (κ3) is 4.59. The molecule has 0 fully saturated rings. The Morgan fingerprint density at radius 3 is 2.62 bits per heavy atom. The summed E-state index contributed by atoms with van der Waals surface area (Å²) in [6.07, 6.45) is 1.70. The van der Waals surface area contributed by atoms with Crippen LogP contribution in [0.15, 0.2) is 52.5 Å². The number of nitrogens with two attached hydrogens (primary N) is 1. The van der Waals surface area contributed by atoms with E-state index in [1.54, 1.807) is 11.3 Å². The summed E-state index contributed by atoms with van der Waals surface area (Å²) in [5, 5.41) is 4.83. The van der Waals surface area contributed by atoms with Gasteiger partial charge in [0.2, 0.25) is 11.8 Å². The van der Waals surface area contributed by atoms with Crippen LogP contribution in [0.1, 0.15) is 42.6 Å². The summed E-state index contributed by atoms with van der Waals surface area (Å²) in [6, 6.07) is 11.9. The second-order valence-electron chi connectivity index (χ2n) is 6.53. The minimum absolute atomic E-state index is 0.120. The maximum atomic E-state index is 12.1. The van der Waals surface area contributed by atoms with Crippen molar-refractivity contribution >= 4 is 17.2 Å². The lowest BCUT2D eigenvalue weighted by Crippen LogP contribution is -2.32. The molecule has 0 aliphatic heterocycles. The van der Waals surface area contributed by atoms with Gasteiger partial charge in [0.15, 0.2) is 0 Å². The summed E-state index contributed by atoms with van der Waals surface area (Å²) in [4.78, 5) is 17.4. The van der Waals surface area contributed by atoms with Crippen molar-refractivity contribution in [3.8, 4) is 10.8 Å². The molecule has 3 aromatic rings. The average molecular weight is 369 g/mol. The molecule has 2 aromatic heterocycles. The van der Waals surface area contributed by atoms with Crippen LogP contribution in [0, 0.1) is 0 Å². The molecule has 3 rings (SSSR count). The number of hydrogen-bond donors (Lipinski definition) is 2. The minimum atomic E-state index is -0.237. The number of aromatic nitrogens is 1. The number of rotatable bonds is 7. The molecule has 0 aliphatic carbocycles. The predicted octanol–water partition coefficient (Wildman–Crippen LogP) is 3.89. The number of oxazole rings is 1. The van der Waals surface area contributed by atoms with Crippen LogP contribution < -0.4 is 11.1 Å². The van der Waals surface area contributed by atoms with Crippen LogP contribution in [0.3, 0.4) is 0 Å². The first-order valence-electron chi connectivity index (χ1n) is 8.63. The highest BCUT2D eigenvalue weighted by molar-refractivity contribution is 7.13. The standard InChI is InChI=1S/C20H23N3O2S/c1-13(2)14-5-7-15(8-6-14)17(21)11-22-19(24)10-16-12-25-20(23-16)18-4-3-9-26-18/h3-9,12-13,17H,10-11,21H2,1-2H3,(H,22,24). The molecule has 0 spiro atoms. The molecule has 6 heteroatoms. The van der Waals surface area contributed by atoms with Crippen molar-refractivity contribution in [1.29, 1.82) is 0 Å². The summed E-state index contributed by atoms with van der Waals surface area (Å²) in [6.45, 7) is 4.70. The summed E-state index contributed by atoms with van der Waals surface area (Å²) < 4.78 is 5.43. The molecule has 0 aliphatic rings. The number of nitrogens with zero attached hydrogens (tertiary/aromatic N) is 1. The van der Waals surface area contributed by atoms with E-state index in [1.165, 1.54) is 11.8 Å². The van der Waals surface area contributed by atoms with Gasteiger partial charge in [-0.15, -0.1) is 11.3 Å². The van der Waals surface area contributed by atoms with Crippen molar-refractivity contribution in [2.75, 3.05) is 6.54 Å². The highest BCUT2D eigenvalue weighted by Crippen LogP contribution is 2.23. The van der Waals surface area contributed by atoms with Gasteiger partial charge in [0.1, 0.15) is 6.26 Å². The fourth-order valence-corrected chi connectivity index (χ4v) is 3.25. The predicted molar refractivity (Wildman–Crippen MR) is 104 cm³/mol. The van der Waals surface area contributed by atoms with E-state index < -0.39 is 0 Å². The van der Waals surface area contributed by atoms with Crippen LogP contribution in [0.4, 0.5) is 0 Å². The Kier molecular flexibility index (Phi) is 5.85. The quantitative estimate of drug-likeness (QED) is 0.662. The first-order valence-corrected chi connectivity index (χ1v) is 9.51. The van der Waals surface area contributed by atoms with E-state index >= 15 is 0 Å². The van der Waals surface area contributed by atoms with Crippen molar-refractivity contribution in [1.82, 2.24) is 10.3 Å². The monoisotopic (exact) mass is 369 g/mol. The maximum absolute atomic E-state index is 12.1. The Hall–Kier alpha value is -2.44. The number of carbonyl (C=O) groups excluding carboxylic acids is 1. The van der Waals surface area contributed by atoms with Gasteiger partial charge >= 0.3 is 0 Å². The van der Waals surface area contributed by atoms with Crippen molar-refractivity contribution in [2.24, 2.45) is 5.73 Å². The van der Waals surface area contributed by atoms with Crippen molar-refractivity contribution in [3.63, 3.8) is 0 Å². The molecule has 3 N–H and O–H groups in total. The molecule has 5 nitrogen and oxygen atoms in total. The maximum Gasteiger partial charge on any atom is 0.236 e. The smallest absolute Gasteiger partial charge is 0.236 e. The SMILES string of the molecule is CC(C)c1ccc(C(N)CNC(=O)Cc2coc(-c3cccs3)n2)cc1. The lowest BCUT2D eigenvalue weighted by atomic mass is 9.99. The van der Waals surface area contributed by atoms with Gasteiger partial charge in [0.05, 0.1) is 17.0 Å². The molecule has 1 unspecified atom stereocenters. The lowest BCUT2D eigenvalue weighted by molar-refractivity contribution is -0.120. The average Bonchev–Trinajstić information content (AvgIpc) is 3.31. The van der Waals surface area contributed by atoms with Gasteiger partial charge in [0, 0.05) is 12.6 Å². The van der Waals surface area contributed by atoms with Gasteiger partial charge < -0.3 is 15.5 Å². The van der Waals surface area contributed by atoms with E-state index in [0.717, 1.165) is 10.4 Å². The van der Waals surface area contributed by atoms with Crippen LogP contribution in [-0.4, -0.2) is 17.4 Å². The summed E-state index contributed by atoms with van der Waals surface area (Å²) in [5.74, 6) is 0.913. The molecular weight excluding hydrogens is 346 g/mol. The first-order chi connectivity index (χ1) is 12.5. The molecule has 1 aromatic carbocycles. The number of nitrogens with one attached hydrogen (secondary N) is 1. The zero-order chi connectivity index (χ0) is 18.5. The third-order valence-corrected chi connectivity index (χ3v) is 5.03. The fraction of sp³-hybridized carbons (Fsp3) is 0.300. The van der Waals surface area contributed by atoms with Crippen molar-refractivity contribution in [3.05, 3.63) is 64.9 Å². The Balaban J connectivity index is 1.50. The van der Waals surface area contributed by atoms with E-state index in [9.17, 15) is 4.79 Å². The summed E-state index contributed by atoms with van der Waals surface area (Å²) in [5.41, 5.74) is 9.08. The Labute approximate surface area is 157 Å². The van der Waals surface area contributed by atoms with E-state index in [4.69, 9.17) is 10.2 Å². The Morgan fingerprint density at radius 2 is 1.96 bits per heavy atom. The van der Waals surface area contributed by atoms with Gasteiger partial charge in [-0.2, -0.15) is 0 Å². The van der Waals surface area contributed by atoms with E-state index in [2.05, 4.69) is 36.3 Å². The van der Waals surface area contributed by atoms with E-state index in [-0.39, 0.29) is 18.4 Å². The molecule has 0 saturated heterocycles. The molecule has 0 saturated carbocycles. The van der Waals surface area contributed by atoms with Crippen LogP contribution in [0.5, 0.6) is 0 Å². The van der Waals surface area contributed by atoms with Gasteiger partial charge in [-0.25, -0.2) is 4.98 Å². The molecule has 1 atom stereocenters. The second kappa shape index (κ2) is 8.29. The molecule has 1 amide bonds. The van der Waals surface area contributed by atoms with Crippen molar-refractivity contribution in [2.45, 2.75) is 32.2 Å². The first kappa shape index (κ1) is 18.4. The van der Waals surface area contributed by atoms with Crippen LogP contribution in [0.25, 0.3) is 10.8 Å². The minimum Gasteiger partial charge on any atom is -0.444 e. The van der Waals surface area contributed by atoms with Gasteiger partial charge in [-0.3, -0.25) is 4.79 Å². The summed E-state index contributed by atoms with van der Waals surface area (Å²) >= 11 is 1.55. The number of carbonyl (C=O) groups is 1. The zero-order valence-corrected chi connectivity index (χ0v) is 15.8. The molecule has 0 bridgehead atoms. The molecule has 136 valence electrons.